The highest BCUT2D eigenvalue weighted by molar-refractivity contribution is 5.82. The van der Waals surface area contributed by atoms with Crippen LogP contribution < -0.4 is 18.9 Å². The monoisotopic (exact) mass is 680 g/mol. The molecule has 0 saturated carbocycles. The number of halogens is 6. The second kappa shape index (κ2) is 14.9. The standard InChI is InChI=1S/C37H26F6O6/c38-36(39,40)48-32-5-1-3-28(21-32)24-7-11-26(12-8-24)34(19-20-46-30-15-17-31(18-16-30)47-23-35(44)45)27-13-9-25(10-14-27)29-4-2-6-33(22-29)49-37(41,42)43/h1-19,21-22H,20,23H2,(H,44,45). The number of aliphatic carboxylic acids is 1. The fourth-order valence-corrected chi connectivity index (χ4v) is 4.83. The summed E-state index contributed by atoms with van der Waals surface area (Å²) < 4.78 is 95.6. The lowest BCUT2D eigenvalue weighted by Crippen LogP contribution is -2.17. The molecule has 0 atom stereocenters. The van der Waals surface area contributed by atoms with E-state index in [4.69, 9.17) is 14.6 Å². The first-order chi connectivity index (χ1) is 23.3. The molecule has 0 radical (unpaired) electrons. The SMILES string of the molecule is O=C(O)COc1ccc(OCC=C(c2ccc(-c3cccc(OC(F)(F)F)c3)cc2)c2ccc(-c3cccc(OC(F)(F)F)c3)cc2)cc1. The van der Waals surface area contributed by atoms with Crippen molar-refractivity contribution in [1.82, 2.24) is 0 Å². The van der Waals surface area contributed by atoms with Gasteiger partial charge in [0.25, 0.3) is 0 Å². The minimum Gasteiger partial charge on any atom is -0.490 e. The van der Waals surface area contributed by atoms with Gasteiger partial charge in [0.2, 0.25) is 0 Å². The van der Waals surface area contributed by atoms with Crippen LogP contribution in [0.15, 0.2) is 127 Å². The predicted molar refractivity (Wildman–Crippen MR) is 169 cm³/mol. The van der Waals surface area contributed by atoms with Gasteiger partial charge in [-0.15, -0.1) is 26.3 Å². The number of hydrogen-bond acceptors (Lipinski definition) is 5. The molecule has 49 heavy (non-hydrogen) atoms. The van der Waals surface area contributed by atoms with Crippen LogP contribution in [0.2, 0.25) is 0 Å². The van der Waals surface area contributed by atoms with Gasteiger partial charge in [0.15, 0.2) is 6.61 Å². The summed E-state index contributed by atoms with van der Waals surface area (Å²) in [5.41, 5.74) is 4.56. The first-order valence-corrected chi connectivity index (χ1v) is 14.5. The molecule has 0 bridgehead atoms. The summed E-state index contributed by atoms with van der Waals surface area (Å²) in [4.78, 5) is 10.7. The van der Waals surface area contributed by atoms with Crippen molar-refractivity contribution < 1.29 is 55.2 Å². The largest absolute Gasteiger partial charge is 0.573 e. The summed E-state index contributed by atoms with van der Waals surface area (Å²) in [6, 6.07) is 31.9. The van der Waals surface area contributed by atoms with E-state index in [1.54, 1.807) is 84.9 Å². The molecular formula is C37H26F6O6. The number of benzene rings is 5. The Kier molecular flexibility index (Phi) is 10.5. The minimum atomic E-state index is -4.82. The third kappa shape index (κ3) is 10.3. The highest BCUT2D eigenvalue weighted by Crippen LogP contribution is 2.33. The lowest BCUT2D eigenvalue weighted by atomic mass is 9.94. The first-order valence-electron chi connectivity index (χ1n) is 14.5. The van der Waals surface area contributed by atoms with Crippen LogP contribution in [0.3, 0.4) is 0 Å². The molecule has 0 amide bonds. The molecule has 0 aromatic heterocycles. The Hall–Kier alpha value is -5.91. The second-order valence-corrected chi connectivity index (χ2v) is 10.4. The van der Waals surface area contributed by atoms with Crippen molar-refractivity contribution in [2.24, 2.45) is 0 Å². The Morgan fingerprint density at radius 3 is 1.39 bits per heavy atom. The topological polar surface area (TPSA) is 74.2 Å². The van der Waals surface area contributed by atoms with Crippen LogP contribution in [0.25, 0.3) is 27.8 Å². The summed E-state index contributed by atoms with van der Waals surface area (Å²) in [6.45, 7) is -0.370. The molecule has 0 heterocycles. The molecule has 252 valence electrons. The summed E-state index contributed by atoms with van der Waals surface area (Å²) in [5.74, 6) is -0.942. The van der Waals surface area contributed by atoms with Gasteiger partial charge in [-0.05, 0) is 93.6 Å². The van der Waals surface area contributed by atoms with E-state index in [0.29, 0.717) is 33.8 Å². The summed E-state index contributed by atoms with van der Waals surface area (Å²) in [6.07, 6.45) is -7.82. The van der Waals surface area contributed by atoms with E-state index in [2.05, 4.69) is 9.47 Å². The molecule has 5 aromatic carbocycles. The molecule has 0 fully saturated rings. The van der Waals surface area contributed by atoms with Gasteiger partial charge in [-0.3, -0.25) is 0 Å². The van der Waals surface area contributed by atoms with E-state index in [9.17, 15) is 31.1 Å². The normalized spacial score (nSPS) is 11.4. The Morgan fingerprint density at radius 1 is 0.551 bits per heavy atom. The smallest absolute Gasteiger partial charge is 0.490 e. The Bertz CT molecular complexity index is 1790. The van der Waals surface area contributed by atoms with Gasteiger partial charge in [0.1, 0.15) is 29.6 Å². The quantitative estimate of drug-likeness (QED) is 0.132. The zero-order chi connectivity index (χ0) is 35.0. The summed E-state index contributed by atoms with van der Waals surface area (Å²) in [7, 11) is 0. The molecule has 5 aromatic rings. The van der Waals surface area contributed by atoms with Crippen molar-refractivity contribution in [1.29, 1.82) is 0 Å². The van der Waals surface area contributed by atoms with Gasteiger partial charge < -0.3 is 24.1 Å². The average molecular weight is 681 g/mol. The van der Waals surface area contributed by atoms with Gasteiger partial charge in [0, 0.05) is 0 Å². The van der Waals surface area contributed by atoms with Crippen LogP contribution in [-0.2, 0) is 4.79 Å². The van der Waals surface area contributed by atoms with E-state index in [-0.39, 0.29) is 18.1 Å². The molecule has 6 nitrogen and oxygen atoms in total. The highest BCUT2D eigenvalue weighted by atomic mass is 19.4. The lowest BCUT2D eigenvalue weighted by Gasteiger charge is -2.13. The van der Waals surface area contributed by atoms with Crippen molar-refractivity contribution in [2.45, 2.75) is 12.7 Å². The summed E-state index contributed by atoms with van der Waals surface area (Å²) >= 11 is 0. The Labute approximate surface area is 276 Å². The fraction of sp³-hybridized carbons (Fsp3) is 0.108. The maximum absolute atomic E-state index is 12.8. The third-order valence-electron chi connectivity index (χ3n) is 6.92. The Morgan fingerprint density at radius 2 is 0.980 bits per heavy atom. The lowest BCUT2D eigenvalue weighted by molar-refractivity contribution is -0.275. The maximum atomic E-state index is 12.8. The molecule has 0 aliphatic carbocycles. The number of carboxylic acids is 1. The average Bonchev–Trinajstić information content (AvgIpc) is 3.05. The maximum Gasteiger partial charge on any atom is 0.573 e. The number of alkyl halides is 6. The van der Waals surface area contributed by atoms with Crippen molar-refractivity contribution in [2.75, 3.05) is 13.2 Å². The Balaban J connectivity index is 1.40. The van der Waals surface area contributed by atoms with E-state index in [0.717, 1.165) is 16.7 Å². The molecule has 5 rings (SSSR count). The zero-order valence-electron chi connectivity index (χ0n) is 25.3. The molecule has 0 aliphatic rings. The van der Waals surface area contributed by atoms with Crippen LogP contribution in [0.4, 0.5) is 26.3 Å². The number of carboxylic acid groups (broad SMARTS) is 1. The first kappa shape index (κ1) is 34.4. The van der Waals surface area contributed by atoms with E-state index in [1.165, 1.54) is 36.4 Å². The molecule has 0 aliphatic heterocycles. The van der Waals surface area contributed by atoms with Crippen molar-refractivity contribution >= 4 is 11.5 Å². The molecule has 0 unspecified atom stereocenters. The molecule has 0 spiro atoms. The van der Waals surface area contributed by atoms with Crippen LogP contribution in [0, 0.1) is 0 Å². The third-order valence-corrected chi connectivity index (χ3v) is 6.92. The number of ether oxygens (including phenoxy) is 4. The minimum absolute atomic E-state index is 0.113. The second-order valence-electron chi connectivity index (χ2n) is 10.4. The number of hydrogen-bond donors (Lipinski definition) is 1. The fourth-order valence-electron chi connectivity index (χ4n) is 4.83. The number of rotatable bonds is 12. The van der Waals surface area contributed by atoms with Gasteiger partial charge in [-0.1, -0.05) is 72.8 Å². The van der Waals surface area contributed by atoms with Gasteiger partial charge in [-0.25, -0.2) is 4.79 Å². The predicted octanol–water partition coefficient (Wildman–Crippen LogP) is 9.79. The van der Waals surface area contributed by atoms with Crippen molar-refractivity contribution in [3.8, 4) is 45.3 Å². The van der Waals surface area contributed by atoms with E-state index >= 15 is 0 Å². The van der Waals surface area contributed by atoms with E-state index < -0.39 is 25.3 Å². The summed E-state index contributed by atoms with van der Waals surface area (Å²) in [5, 5.41) is 8.79. The van der Waals surface area contributed by atoms with Gasteiger partial charge in [0.05, 0.1) is 0 Å². The highest BCUT2D eigenvalue weighted by Gasteiger charge is 2.31. The van der Waals surface area contributed by atoms with E-state index in [1.807, 2.05) is 6.08 Å². The molecule has 1 N–H and O–H groups in total. The molecule has 12 heteroatoms. The van der Waals surface area contributed by atoms with Gasteiger partial charge in [-0.2, -0.15) is 0 Å². The zero-order valence-corrected chi connectivity index (χ0v) is 25.3. The number of carbonyl (C=O) groups is 1. The molecule has 0 saturated heterocycles. The van der Waals surface area contributed by atoms with Crippen LogP contribution >= 0.6 is 0 Å². The van der Waals surface area contributed by atoms with Crippen LogP contribution in [0.1, 0.15) is 11.1 Å². The van der Waals surface area contributed by atoms with Crippen molar-refractivity contribution in [3.05, 3.63) is 139 Å². The van der Waals surface area contributed by atoms with Gasteiger partial charge >= 0.3 is 18.7 Å². The van der Waals surface area contributed by atoms with Crippen LogP contribution in [0.5, 0.6) is 23.0 Å². The van der Waals surface area contributed by atoms with Crippen LogP contribution in [-0.4, -0.2) is 37.0 Å². The van der Waals surface area contributed by atoms with Crippen molar-refractivity contribution in [3.63, 3.8) is 0 Å². The molecular weight excluding hydrogens is 654 g/mol.